The summed E-state index contributed by atoms with van der Waals surface area (Å²) >= 11 is 1.99. The number of thioether (sulfide) groups is 1. The van der Waals surface area contributed by atoms with Crippen LogP contribution in [0.5, 0.6) is 0 Å². The number of hydrogen-bond donors (Lipinski definition) is 0. The first kappa shape index (κ1) is 16.9. The van der Waals surface area contributed by atoms with Gasteiger partial charge >= 0.3 is 0 Å². The van der Waals surface area contributed by atoms with Gasteiger partial charge in [-0.1, -0.05) is 70.4 Å². The van der Waals surface area contributed by atoms with Crippen LogP contribution < -0.4 is 0 Å². The van der Waals surface area contributed by atoms with Crippen molar-refractivity contribution in [2.75, 3.05) is 0 Å². The lowest BCUT2D eigenvalue weighted by Gasteiger charge is -2.25. The van der Waals surface area contributed by atoms with Crippen LogP contribution in [0.15, 0.2) is 22.6 Å². The average Bonchev–Trinajstić information content (AvgIpc) is 2.57. The monoisotopic (exact) mass is 280 g/mol. The quantitative estimate of drug-likeness (QED) is 0.415. The van der Waals surface area contributed by atoms with Crippen molar-refractivity contribution in [2.24, 2.45) is 0 Å². The lowest BCUT2D eigenvalue weighted by atomic mass is 9.92. The third-order valence-corrected chi connectivity index (χ3v) is 6.14. The van der Waals surface area contributed by atoms with Gasteiger partial charge in [0.1, 0.15) is 0 Å². The fraction of sp³-hybridized carbons (Fsp3) is 0.778. The summed E-state index contributed by atoms with van der Waals surface area (Å²) in [6.07, 6.45) is 12.6. The largest absolute Gasteiger partial charge is 0.115 e. The Balaban J connectivity index is 2.15. The lowest BCUT2D eigenvalue weighted by molar-refractivity contribution is 0.541. The maximum atomic E-state index is 4.17. The molecule has 0 bridgehead atoms. The molecule has 0 aromatic rings. The normalized spacial score (nSPS) is 23.5. The Hall–Kier alpha value is -0.170. The van der Waals surface area contributed by atoms with Crippen LogP contribution in [0.25, 0.3) is 0 Å². The molecule has 0 aromatic heterocycles. The minimum absolute atomic E-state index is 0.337. The van der Waals surface area contributed by atoms with E-state index in [1.807, 2.05) is 11.8 Å². The zero-order valence-corrected chi connectivity index (χ0v) is 14.3. The van der Waals surface area contributed by atoms with Gasteiger partial charge in [-0.25, -0.2) is 0 Å². The van der Waals surface area contributed by atoms with Gasteiger partial charge in [-0.15, -0.1) is 11.8 Å². The summed E-state index contributed by atoms with van der Waals surface area (Å²) in [7, 11) is 0. The molecule has 1 unspecified atom stereocenters. The maximum absolute atomic E-state index is 4.17. The summed E-state index contributed by atoms with van der Waals surface area (Å²) in [5, 5.41) is 0. The van der Waals surface area contributed by atoms with E-state index in [0.29, 0.717) is 4.75 Å². The van der Waals surface area contributed by atoms with Crippen molar-refractivity contribution < 1.29 is 0 Å². The molecular formula is C18H32S. The third kappa shape index (κ3) is 5.02. The van der Waals surface area contributed by atoms with E-state index in [2.05, 4.69) is 34.3 Å². The second kappa shape index (κ2) is 8.19. The molecule has 0 radical (unpaired) electrons. The van der Waals surface area contributed by atoms with E-state index < -0.39 is 0 Å². The van der Waals surface area contributed by atoms with Gasteiger partial charge in [-0.05, 0) is 32.8 Å². The van der Waals surface area contributed by atoms with Crippen molar-refractivity contribution in [2.45, 2.75) is 90.2 Å². The Morgan fingerprint density at radius 2 is 1.47 bits per heavy atom. The van der Waals surface area contributed by atoms with Crippen LogP contribution in [-0.2, 0) is 0 Å². The Morgan fingerprint density at radius 1 is 0.947 bits per heavy atom. The molecule has 0 nitrogen and oxygen atoms in total. The Morgan fingerprint density at radius 3 is 1.95 bits per heavy atom. The van der Waals surface area contributed by atoms with Crippen molar-refractivity contribution in [3.8, 4) is 0 Å². The molecule has 0 saturated heterocycles. The van der Waals surface area contributed by atoms with Crippen LogP contribution in [0.4, 0.5) is 0 Å². The second-order valence-corrected chi connectivity index (χ2v) is 7.83. The van der Waals surface area contributed by atoms with Gasteiger partial charge in [0.2, 0.25) is 0 Å². The molecule has 110 valence electrons. The first-order valence-corrected chi connectivity index (χ1v) is 8.89. The molecule has 1 heterocycles. The van der Waals surface area contributed by atoms with Crippen LogP contribution in [0.3, 0.4) is 0 Å². The predicted octanol–water partition coefficient (Wildman–Crippen LogP) is 6.87. The molecule has 0 amide bonds. The standard InChI is InChI=1S/C18H32S/c1-6-7-8-9-10-11-12-13-14-18(5)16(3)15(2)17(4)19-18/h4,6-14H2,1-3,5H3. The first-order chi connectivity index (χ1) is 9.01. The third-order valence-electron chi connectivity index (χ3n) is 4.63. The highest BCUT2D eigenvalue weighted by molar-refractivity contribution is 8.05. The van der Waals surface area contributed by atoms with Crippen LogP contribution in [0, 0.1) is 0 Å². The van der Waals surface area contributed by atoms with Gasteiger partial charge in [0.15, 0.2) is 0 Å². The van der Waals surface area contributed by atoms with Gasteiger partial charge < -0.3 is 0 Å². The van der Waals surface area contributed by atoms with Crippen molar-refractivity contribution >= 4 is 11.8 Å². The molecule has 1 heteroatoms. The van der Waals surface area contributed by atoms with Gasteiger partial charge in [0, 0.05) is 9.65 Å². The van der Waals surface area contributed by atoms with Crippen molar-refractivity contribution in [1.82, 2.24) is 0 Å². The van der Waals surface area contributed by atoms with E-state index in [0.717, 1.165) is 0 Å². The lowest BCUT2D eigenvalue weighted by Crippen LogP contribution is -2.18. The molecule has 1 rings (SSSR count). The topological polar surface area (TPSA) is 0 Å². The van der Waals surface area contributed by atoms with E-state index in [9.17, 15) is 0 Å². The number of allylic oxidation sites excluding steroid dienone is 1. The highest BCUT2D eigenvalue weighted by atomic mass is 32.2. The van der Waals surface area contributed by atoms with E-state index in [1.54, 1.807) is 5.57 Å². The Kier molecular flexibility index (Phi) is 7.28. The summed E-state index contributed by atoms with van der Waals surface area (Å²) in [5.41, 5.74) is 3.00. The summed E-state index contributed by atoms with van der Waals surface area (Å²) in [5.74, 6) is 0. The van der Waals surface area contributed by atoms with Crippen LogP contribution >= 0.6 is 11.8 Å². The fourth-order valence-electron chi connectivity index (χ4n) is 2.87. The number of hydrogen-bond acceptors (Lipinski definition) is 1. The molecule has 19 heavy (non-hydrogen) atoms. The highest BCUT2D eigenvalue weighted by Crippen LogP contribution is 2.51. The predicted molar refractivity (Wildman–Crippen MR) is 90.7 cm³/mol. The minimum Gasteiger partial charge on any atom is -0.115 e. The van der Waals surface area contributed by atoms with Crippen molar-refractivity contribution in [1.29, 1.82) is 0 Å². The molecule has 0 fully saturated rings. The van der Waals surface area contributed by atoms with Gasteiger partial charge in [-0.2, -0.15) is 0 Å². The number of rotatable bonds is 9. The SMILES string of the molecule is C=C1SC(C)(CCCCCCCCCC)C(C)=C1C. The van der Waals surface area contributed by atoms with Gasteiger partial charge in [0.05, 0.1) is 0 Å². The van der Waals surface area contributed by atoms with Gasteiger partial charge in [-0.3, -0.25) is 0 Å². The second-order valence-electron chi connectivity index (χ2n) is 6.23. The molecular weight excluding hydrogens is 248 g/mol. The van der Waals surface area contributed by atoms with E-state index in [1.165, 1.54) is 68.3 Å². The summed E-state index contributed by atoms with van der Waals surface area (Å²) in [6, 6.07) is 0. The molecule has 1 aliphatic heterocycles. The molecule has 0 aliphatic carbocycles. The molecule has 0 spiro atoms. The first-order valence-electron chi connectivity index (χ1n) is 8.07. The molecule has 1 atom stereocenters. The van der Waals surface area contributed by atoms with Crippen LogP contribution in [-0.4, -0.2) is 4.75 Å². The minimum atomic E-state index is 0.337. The molecule has 1 aliphatic rings. The average molecular weight is 281 g/mol. The molecule has 0 saturated carbocycles. The van der Waals surface area contributed by atoms with Crippen molar-refractivity contribution in [3.63, 3.8) is 0 Å². The smallest absolute Gasteiger partial charge is 0.0390 e. The van der Waals surface area contributed by atoms with Gasteiger partial charge in [0.25, 0.3) is 0 Å². The highest BCUT2D eigenvalue weighted by Gasteiger charge is 2.34. The maximum Gasteiger partial charge on any atom is 0.0390 e. The molecule has 0 aromatic carbocycles. The van der Waals surface area contributed by atoms with Crippen LogP contribution in [0.1, 0.15) is 85.5 Å². The van der Waals surface area contributed by atoms with Crippen molar-refractivity contribution in [3.05, 3.63) is 22.6 Å². The van der Waals surface area contributed by atoms with E-state index in [4.69, 9.17) is 0 Å². The summed E-state index contributed by atoms with van der Waals surface area (Å²) in [4.78, 5) is 1.29. The van der Waals surface area contributed by atoms with Crippen LogP contribution in [0.2, 0.25) is 0 Å². The fourth-order valence-corrected chi connectivity index (χ4v) is 4.27. The summed E-state index contributed by atoms with van der Waals surface area (Å²) in [6.45, 7) is 13.4. The zero-order chi connectivity index (χ0) is 14.3. The Labute approximate surface area is 125 Å². The van der Waals surface area contributed by atoms with E-state index >= 15 is 0 Å². The number of unbranched alkanes of at least 4 members (excludes halogenated alkanes) is 7. The Bertz CT molecular complexity index is 327. The zero-order valence-electron chi connectivity index (χ0n) is 13.5. The summed E-state index contributed by atoms with van der Waals surface area (Å²) < 4.78 is 0.337. The van der Waals surface area contributed by atoms with E-state index in [-0.39, 0.29) is 0 Å². The molecule has 0 N–H and O–H groups in total.